The van der Waals surface area contributed by atoms with Crippen LogP contribution in [0, 0.1) is 5.41 Å². The highest BCUT2D eigenvalue weighted by Crippen LogP contribution is 2.31. The van der Waals surface area contributed by atoms with Crippen molar-refractivity contribution in [2.45, 2.75) is 6.18 Å². The number of carbonyl (C=O) groups is 1. The Labute approximate surface area is 138 Å². The number of Topliss-reactive ketones (excluding diaryl/α,β-unsaturated/α-hetero) is 1. The summed E-state index contributed by atoms with van der Waals surface area (Å²) in [7, 11) is 0. The predicted molar refractivity (Wildman–Crippen MR) is 83.2 cm³/mol. The third kappa shape index (κ3) is 3.62. The molecular formula is C15H9ClF3NO2S. The van der Waals surface area contributed by atoms with Gasteiger partial charge in [0.05, 0.1) is 16.2 Å². The van der Waals surface area contributed by atoms with E-state index in [1.807, 2.05) is 0 Å². The van der Waals surface area contributed by atoms with E-state index >= 15 is 0 Å². The van der Waals surface area contributed by atoms with Gasteiger partial charge in [0.1, 0.15) is 5.76 Å². The molecule has 0 aliphatic rings. The number of aliphatic hydroxyl groups excluding tert-OH is 1. The van der Waals surface area contributed by atoms with Crippen LogP contribution in [0.2, 0.25) is 5.02 Å². The number of hydrogen-bond acceptors (Lipinski definition) is 4. The molecule has 2 rings (SSSR count). The van der Waals surface area contributed by atoms with E-state index in [-0.39, 0.29) is 15.5 Å². The van der Waals surface area contributed by atoms with Crippen LogP contribution in [0.25, 0.3) is 5.76 Å². The Morgan fingerprint density at radius 2 is 1.83 bits per heavy atom. The van der Waals surface area contributed by atoms with Gasteiger partial charge in [-0.2, -0.15) is 13.2 Å². The summed E-state index contributed by atoms with van der Waals surface area (Å²) >= 11 is 6.82. The molecule has 0 fully saturated rings. The second kappa shape index (κ2) is 6.55. The Bertz CT molecular complexity index is 782. The van der Waals surface area contributed by atoms with Gasteiger partial charge < -0.3 is 5.11 Å². The van der Waals surface area contributed by atoms with Crippen molar-refractivity contribution in [1.82, 2.24) is 0 Å². The Balaban J connectivity index is 2.64. The quantitative estimate of drug-likeness (QED) is 0.465. The molecular weight excluding hydrogens is 351 g/mol. The van der Waals surface area contributed by atoms with E-state index in [1.165, 1.54) is 41.8 Å². The van der Waals surface area contributed by atoms with Crippen LogP contribution < -0.4 is 0 Å². The summed E-state index contributed by atoms with van der Waals surface area (Å²) in [6, 6.07) is 8.54. The maximum atomic E-state index is 12.9. The summed E-state index contributed by atoms with van der Waals surface area (Å²) in [6.07, 6.45) is -5.23. The van der Waals surface area contributed by atoms with Crippen molar-refractivity contribution in [2.24, 2.45) is 0 Å². The lowest BCUT2D eigenvalue weighted by molar-refractivity contribution is -0.165. The minimum Gasteiger partial charge on any atom is -0.506 e. The van der Waals surface area contributed by atoms with Crippen LogP contribution in [-0.2, 0) is 4.79 Å². The van der Waals surface area contributed by atoms with Gasteiger partial charge in [-0.15, -0.1) is 11.3 Å². The molecule has 0 amide bonds. The minimum absolute atomic E-state index is 0.00366. The van der Waals surface area contributed by atoms with E-state index in [0.717, 1.165) is 11.3 Å². The van der Waals surface area contributed by atoms with Gasteiger partial charge in [-0.25, -0.2) is 0 Å². The molecule has 0 aliphatic carbocycles. The maximum absolute atomic E-state index is 12.9. The fourth-order valence-electron chi connectivity index (χ4n) is 1.82. The second-order valence-electron chi connectivity index (χ2n) is 4.38. The van der Waals surface area contributed by atoms with Crippen molar-refractivity contribution >= 4 is 40.2 Å². The fourth-order valence-corrected chi connectivity index (χ4v) is 2.72. The average Bonchev–Trinajstić information content (AvgIpc) is 3.00. The highest BCUT2D eigenvalue weighted by atomic mass is 35.5. The zero-order valence-corrected chi connectivity index (χ0v) is 12.9. The summed E-state index contributed by atoms with van der Waals surface area (Å²) in [5.74, 6) is -3.19. The zero-order valence-electron chi connectivity index (χ0n) is 11.3. The van der Waals surface area contributed by atoms with Gasteiger partial charge >= 0.3 is 6.18 Å². The Morgan fingerprint density at radius 3 is 2.35 bits per heavy atom. The normalized spacial score (nSPS) is 12.7. The lowest BCUT2D eigenvalue weighted by Crippen LogP contribution is -2.29. The molecule has 0 unspecified atom stereocenters. The van der Waals surface area contributed by atoms with Gasteiger partial charge in [-0.3, -0.25) is 10.2 Å². The van der Waals surface area contributed by atoms with Crippen molar-refractivity contribution in [3.8, 4) is 0 Å². The first-order valence-corrected chi connectivity index (χ1v) is 7.41. The number of aliphatic hydroxyl groups is 1. The monoisotopic (exact) mass is 359 g/mol. The molecule has 1 aromatic carbocycles. The molecule has 1 heterocycles. The number of hydrogen-bond donors (Lipinski definition) is 2. The molecule has 0 bridgehead atoms. The van der Waals surface area contributed by atoms with E-state index in [1.54, 1.807) is 0 Å². The van der Waals surface area contributed by atoms with E-state index in [4.69, 9.17) is 17.0 Å². The standard InChI is InChI=1S/C15H9ClF3NO2S/c16-9-5-2-1-4-8(9)12(20)11(14(22)15(17,18)19)13(21)10-6-3-7-23-10/h1-7,20-21H/b13-11+,20-12?. The van der Waals surface area contributed by atoms with Gasteiger partial charge in [-0.1, -0.05) is 35.9 Å². The highest BCUT2D eigenvalue weighted by molar-refractivity contribution is 7.11. The van der Waals surface area contributed by atoms with E-state index in [2.05, 4.69) is 0 Å². The van der Waals surface area contributed by atoms with Crippen LogP contribution in [0.15, 0.2) is 47.4 Å². The first-order chi connectivity index (χ1) is 10.7. The van der Waals surface area contributed by atoms with Crippen molar-refractivity contribution in [1.29, 1.82) is 5.41 Å². The third-order valence-corrected chi connectivity index (χ3v) is 4.08. The smallest absolute Gasteiger partial charge is 0.455 e. The molecule has 120 valence electrons. The van der Waals surface area contributed by atoms with Crippen molar-refractivity contribution < 1.29 is 23.1 Å². The number of benzene rings is 1. The summed E-state index contributed by atoms with van der Waals surface area (Å²) in [4.78, 5) is 11.8. The summed E-state index contributed by atoms with van der Waals surface area (Å²) in [5.41, 5.74) is -2.00. The SMILES string of the molecule is N=C(/C(C(=O)C(F)(F)F)=C(\O)c1cccs1)c1ccccc1Cl. The van der Waals surface area contributed by atoms with Gasteiger partial charge in [0.25, 0.3) is 5.78 Å². The molecule has 23 heavy (non-hydrogen) atoms. The fraction of sp³-hybridized carbons (Fsp3) is 0.0667. The molecule has 3 nitrogen and oxygen atoms in total. The van der Waals surface area contributed by atoms with Gasteiger partial charge in [0, 0.05) is 10.6 Å². The topological polar surface area (TPSA) is 61.2 Å². The minimum atomic E-state index is -5.23. The molecule has 0 saturated heterocycles. The first-order valence-electron chi connectivity index (χ1n) is 6.16. The largest absolute Gasteiger partial charge is 0.506 e. The van der Waals surface area contributed by atoms with Crippen molar-refractivity contribution in [3.05, 3.63) is 62.8 Å². The molecule has 0 spiro atoms. The highest BCUT2D eigenvalue weighted by Gasteiger charge is 2.44. The molecule has 8 heteroatoms. The molecule has 1 aromatic heterocycles. The number of alkyl halides is 3. The van der Waals surface area contributed by atoms with Crippen LogP contribution >= 0.6 is 22.9 Å². The molecule has 0 radical (unpaired) electrons. The third-order valence-electron chi connectivity index (χ3n) is 2.87. The van der Waals surface area contributed by atoms with E-state index in [0.29, 0.717) is 0 Å². The Morgan fingerprint density at radius 1 is 1.17 bits per heavy atom. The summed E-state index contributed by atoms with van der Waals surface area (Å²) in [5, 5.41) is 19.6. The predicted octanol–water partition coefficient (Wildman–Crippen LogP) is 4.87. The second-order valence-corrected chi connectivity index (χ2v) is 5.74. The van der Waals surface area contributed by atoms with Crippen LogP contribution in [0.3, 0.4) is 0 Å². The molecule has 2 N–H and O–H groups in total. The molecule has 0 aliphatic heterocycles. The lowest BCUT2D eigenvalue weighted by Gasteiger charge is -2.14. The zero-order chi connectivity index (χ0) is 17.2. The molecule has 0 atom stereocenters. The Kier molecular flexibility index (Phi) is 4.91. The van der Waals surface area contributed by atoms with E-state index in [9.17, 15) is 23.1 Å². The maximum Gasteiger partial charge on any atom is 0.455 e. The van der Waals surface area contributed by atoms with Crippen LogP contribution in [0.4, 0.5) is 13.2 Å². The van der Waals surface area contributed by atoms with Crippen molar-refractivity contribution in [2.75, 3.05) is 0 Å². The van der Waals surface area contributed by atoms with Gasteiger partial charge in [-0.05, 0) is 17.5 Å². The van der Waals surface area contributed by atoms with Crippen LogP contribution in [-0.4, -0.2) is 22.8 Å². The van der Waals surface area contributed by atoms with Gasteiger partial charge in [0.15, 0.2) is 0 Å². The first kappa shape index (κ1) is 17.2. The van der Waals surface area contributed by atoms with Crippen LogP contribution in [0.5, 0.6) is 0 Å². The number of nitrogens with one attached hydrogen (secondary N) is 1. The molecule has 2 aromatic rings. The Hall–Kier alpha value is -2.12. The average molecular weight is 360 g/mol. The van der Waals surface area contributed by atoms with Crippen molar-refractivity contribution in [3.63, 3.8) is 0 Å². The number of thiophene rings is 1. The van der Waals surface area contributed by atoms with E-state index < -0.39 is 29.0 Å². The number of rotatable bonds is 4. The summed E-state index contributed by atoms with van der Waals surface area (Å²) in [6.45, 7) is 0. The number of allylic oxidation sites excluding steroid dienone is 1. The summed E-state index contributed by atoms with van der Waals surface area (Å²) < 4.78 is 38.6. The number of ketones is 1. The number of halogens is 4. The molecule has 0 saturated carbocycles. The van der Waals surface area contributed by atoms with Crippen LogP contribution in [0.1, 0.15) is 10.4 Å². The number of carbonyl (C=O) groups excluding carboxylic acids is 1. The van der Waals surface area contributed by atoms with Gasteiger partial charge in [0.2, 0.25) is 0 Å². The lowest BCUT2D eigenvalue weighted by atomic mass is 9.97.